The fourth-order valence-corrected chi connectivity index (χ4v) is 4.09. The van der Waals surface area contributed by atoms with Gasteiger partial charge in [-0.2, -0.15) is 0 Å². The van der Waals surface area contributed by atoms with Gasteiger partial charge in [0.25, 0.3) is 0 Å². The van der Waals surface area contributed by atoms with Crippen molar-refractivity contribution in [2.45, 2.75) is 23.1 Å². The Kier molecular flexibility index (Phi) is 5.99. The minimum atomic E-state index is -0.452. The average molecular weight is 422 g/mol. The summed E-state index contributed by atoms with van der Waals surface area (Å²) in [5, 5.41) is 5.24. The van der Waals surface area contributed by atoms with Gasteiger partial charge in [0.05, 0.1) is 10.9 Å². The number of carbonyl (C=O) groups excluding carboxylic acids is 2. The first kappa shape index (κ1) is 20.0. The number of thioether (sulfide) groups is 1. The molecule has 1 aliphatic heterocycles. The predicted octanol–water partition coefficient (Wildman–Crippen LogP) is 4.74. The second-order valence-corrected chi connectivity index (χ2v) is 8.02. The molecule has 3 aromatic rings. The molecule has 4 rings (SSSR count). The summed E-state index contributed by atoms with van der Waals surface area (Å²) in [4.78, 5) is 25.5. The lowest BCUT2D eigenvalue weighted by Gasteiger charge is -2.23. The number of nitrogens with one attached hydrogen (secondary N) is 2. The number of anilines is 1. The highest BCUT2D eigenvalue weighted by Gasteiger charge is 2.28. The third-order valence-electron chi connectivity index (χ3n) is 4.54. The number of ether oxygens (including phenoxy) is 1. The molecule has 1 aliphatic rings. The Morgan fingerprint density at radius 3 is 2.40 bits per heavy atom. The van der Waals surface area contributed by atoms with Crippen LogP contribution in [0.2, 0.25) is 0 Å². The van der Waals surface area contributed by atoms with Gasteiger partial charge in [0.2, 0.25) is 11.8 Å². The van der Waals surface area contributed by atoms with Gasteiger partial charge in [-0.3, -0.25) is 9.59 Å². The molecule has 0 aromatic heterocycles. The van der Waals surface area contributed by atoms with E-state index in [1.165, 1.54) is 23.9 Å². The number of hydrogen-bond donors (Lipinski definition) is 2. The molecule has 7 heteroatoms. The number of carbonyl (C=O) groups is 2. The largest absolute Gasteiger partial charge is 0.457 e. The molecule has 2 N–H and O–H groups in total. The van der Waals surface area contributed by atoms with Crippen molar-refractivity contribution in [2.24, 2.45) is 0 Å². The Bertz CT molecular complexity index is 1050. The number of para-hydroxylation sites is 1. The van der Waals surface area contributed by atoms with Crippen LogP contribution in [0.15, 0.2) is 77.7 Å². The molecule has 2 amide bonds. The first-order valence-electron chi connectivity index (χ1n) is 9.42. The van der Waals surface area contributed by atoms with E-state index in [9.17, 15) is 14.0 Å². The van der Waals surface area contributed by atoms with E-state index < -0.39 is 5.25 Å². The van der Waals surface area contributed by atoms with Gasteiger partial charge in [0.15, 0.2) is 0 Å². The van der Waals surface area contributed by atoms with Crippen LogP contribution in [-0.4, -0.2) is 17.1 Å². The smallest absolute Gasteiger partial charge is 0.238 e. The molecule has 0 saturated carbocycles. The summed E-state index contributed by atoms with van der Waals surface area (Å²) >= 11 is 1.41. The van der Waals surface area contributed by atoms with Crippen LogP contribution in [0.25, 0.3) is 0 Å². The molecule has 0 saturated heterocycles. The van der Waals surface area contributed by atoms with Gasteiger partial charge in [-0.25, -0.2) is 4.39 Å². The fourth-order valence-electron chi connectivity index (χ4n) is 2.98. The van der Waals surface area contributed by atoms with Crippen LogP contribution in [0, 0.1) is 5.82 Å². The highest BCUT2D eigenvalue weighted by Crippen LogP contribution is 2.36. The minimum absolute atomic E-state index is 0.108. The Morgan fingerprint density at radius 2 is 1.67 bits per heavy atom. The standard InChI is InChI=1S/C23H19FN2O3S/c24-16-7-11-18(12-8-16)29-17-9-5-15(6-10-17)14-25-22(27)13-21-23(28)26-19-3-1-2-4-20(19)30-21/h1-12,21H,13-14H2,(H,25,27)(H,26,28). The molecule has 0 aliphatic carbocycles. The van der Waals surface area contributed by atoms with Crippen molar-refractivity contribution in [3.63, 3.8) is 0 Å². The van der Waals surface area contributed by atoms with Crippen molar-refractivity contribution in [2.75, 3.05) is 5.32 Å². The molecule has 0 fully saturated rings. The van der Waals surface area contributed by atoms with Gasteiger partial charge in [-0.15, -0.1) is 11.8 Å². The van der Waals surface area contributed by atoms with E-state index in [1.54, 1.807) is 24.3 Å². The van der Waals surface area contributed by atoms with Crippen LogP contribution < -0.4 is 15.4 Å². The van der Waals surface area contributed by atoms with Gasteiger partial charge in [0, 0.05) is 17.9 Å². The molecule has 0 bridgehead atoms. The van der Waals surface area contributed by atoms with Crippen LogP contribution >= 0.6 is 11.8 Å². The molecule has 1 unspecified atom stereocenters. The van der Waals surface area contributed by atoms with Crippen molar-refractivity contribution in [3.05, 3.63) is 84.2 Å². The monoisotopic (exact) mass is 422 g/mol. The second-order valence-electron chi connectivity index (χ2n) is 6.77. The van der Waals surface area contributed by atoms with Gasteiger partial charge in [-0.05, 0) is 54.1 Å². The quantitative estimate of drug-likeness (QED) is 0.602. The van der Waals surface area contributed by atoms with Crippen LogP contribution in [0.5, 0.6) is 11.5 Å². The first-order chi connectivity index (χ1) is 14.6. The van der Waals surface area contributed by atoms with Crippen LogP contribution in [0.4, 0.5) is 10.1 Å². The molecule has 152 valence electrons. The van der Waals surface area contributed by atoms with E-state index in [0.717, 1.165) is 16.1 Å². The van der Waals surface area contributed by atoms with Crippen molar-refractivity contribution in [3.8, 4) is 11.5 Å². The Balaban J connectivity index is 1.28. The zero-order valence-corrected chi connectivity index (χ0v) is 16.7. The Morgan fingerprint density at radius 1 is 1.00 bits per heavy atom. The van der Waals surface area contributed by atoms with E-state index in [-0.39, 0.29) is 24.1 Å². The zero-order chi connectivity index (χ0) is 20.9. The maximum atomic E-state index is 13.0. The number of fused-ring (bicyclic) bond motifs is 1. The van der Waals surface area contributed by atoms with Crippen molar-refractivity contribution in [1.82, 2.24) is 5.32 Å². The molecule has 30 heavy (non-hydrogen) atoms. The summed E-state index contributed by atoms with van der Waals surface area (Å²) in [6.07, 6.45) is 0.108. The van der Waals surface area contributed by atoms with Gasteiger partial charge in [0.1, 0.15) is 17.3 Å². The second kappa shape index (κ2) is 9.00. The van der Waals surface area contributed by atoms with E-state index in [0.29, 0.717) is 18.0 Å². The molecule has 0 radical (unpaired) electrons. The van der Waals surface area contributed by atoms with Crippen LogP contribution in [0.3, 0.4) is 0 Å². The molecule has 0 spiro atoms. The molecule has 3 aromatic carbocycles. The summed E-state index contributed by atoms with van der Waals surface area (Å²) < 4.78 is 18.6. The summed E-state index contributed by atoms with van der Waals surface area (Å²) in [5.74, 6) is 0.500. The number of hydrogen-bond acceptors (Lipinski definition) is 4. The van der Waals surface area contributed by atoms with E-state index >= 15 is 0 Å². The maximum Gasteiger partial charge on any atom is 0.238 e. The minimum Gasteiger partial charge on any atom is -0.457 e. The summed E-state index contributed by atoms with van der Waals surface area (Å²) in [5.41, 5.74) is 1.69. The number of rotatable bonds is 6. The SMILES string of the molecule is O=C(CC1Sc2ccccc2NC1=O)NCc1ccc(Oc2ccc(F)cc2)cc1. The average Bonchev–Trinajstić information content (AvgIpc) is 2.75. The lowest BCUT2D eigenvalue weighted by atomic mass is 10.2. The van der Waals surface area contributed by atoms with Crippen molar-refractivity contribution < 1.29 is 18.7 Å². The van der Waals surface area contributed by atoms with E-state index in [2.05, 4.69) is 10.6 Å². The molecular formula is C23H19FN2O3S. The molecule has 1 atom stereocenters. The van der Waals surface area contributed by atoms with Gasteiger partial charge in [-0.1, -0.05) is 24.3 Å². The lowest BCUT2D eigenvalue weighted by Crippen LogP contribution is -2.34. The van der Waals surface area contributed by atoms with Crippen LogP contribution in [0.1, 0.15) is 12.0 Å². The highest BCUT2D eigenvalue weighted by molar-refractivity contribution is 8.01. The first-order valence-corrected chi connectivity index (χ1v) is 10.3. The van der Waals surface area contributed by atoms with Crippen LogP contribution in [-0.2, 0) is 16.1 Å². The number of amides is 2. The maximum absolute atomic E-state index is 13.0. The number of halogens is 1. The normalized spacial score (nSPS) is 15.1. The Hall–Kier alpha value is -3.32. The van der Waals surface area contributed by atoms with E-state index in [1.807, 2.05) is 36.4 Å². The number of benzene rings is 3. The highest BCUT2D eigenvalue weighted by atomic mass is 32.2. The topological polar surface area (TPSA) is 67.4 Å². The third kappa shape index (κ3) is 4.99. The van der Waals surface area contributed by atoms with Gasteiger partial charge < -0.3 is 15.4 Å². The van der Waals surface area contributed by atoms with Gasteiger partial charge >= 0.3 is 0 Å². The summed E-state index contributed by atoms with van der Waals surface area (Å²) in [7, 11) is 0. The molecule has 1 heterocycles. The summed E-state index contributed by atoms with van der Waals surface area (Å²) in [6.45, 7) is 0.352. The molecular weight excluding hydrogens is 403 g/mol. The lowest BCUT2D eigenvalue weighted by molar-refractivity contribution is -0.124. The van der Waals surface area contributed by atoms with E-state index in [4.69, 9.17) is 4.74 Å². The third-order valence-corrected chi connectivity index (χ3v) is 5.81. The molecule has 5 nitrogen and oxygen atoms in total. The fraction of sp³-hybridized carbons (Fsp3) is 0.130. The predicted molar refractivity (Wildman–Crippen MR) is 114 cm³/mol. The Labute approximate surface area is 177 Å². The van der Waals surface area contributed by atoms with Crippen molar-refractivity contribution in [1.29, 1.82) is 0 Å². The summed E-state index contributed by atoms with van der Waals surface area (Å²) in [6, 6.07) is 20.6. The van der Waals surface area contributed by atoms with Crippen molar-refractivity contribution >= 4 is 29.3 Å². The zero-order valence-electron chi connectivity index (χ0n) is 15.9.